The first kappa shape index (κ1) is 37.1. The van der Waals surface area contributed by atoms with Crippen LogP contribution in [0.1, 0.15) is 57.3 Å². The topological polar surface area (TPSA) is 3.24 Å². The fourth-order valence-corrected chi connectivity index (χ4v) is 12.8. The second-order valence-corrected chi connectivity index (χ2v) is 18.5. The lowest BCUT2D eigenvalue weighted by Gasteiger charge is -2.36. The van der Waals surface area contributed by atoms with Crippen molar-refractivity contribution in [2.75, 3.05) is 4.90 Å². The molecule has 0 unspecified atom stereocenters. The number of hydrogen-bond donors (Lipinski definition) is 0. The molecule has 0 radical (unpaired) electrons. The summed E-state index contributed by atoms with van der Waals surface area (Å²) >= 11 is 1.87. The van der Waals surface area contributed by atoms with Gasteiger partial charge in [-0.1, -0.05) is 188 Å². The van der Waals surface area contributed by atoms with Crippen LogP contribution < -0.4 is 4.90 Å². The summed E-state index contributed by atoms with van der Waals surface area (Å²) < 4.78 is 2.61. The third-order valence-corrected chi connectivity index (χ3v) is 15.4. The van der Waals surface area contributed by atoms with Crippen molar-refractivity contribution in [3.63, 3.8) is 0 Å². The van der Waals surface area contributed by atoms with Crippen molar-refractivity contribution < 1.29 is 0 Å². The van der Waals surface area contributed by atoms with Gasteiger partial charge in [-0.05, 0) is 128 Å². The Morgan fingerprint density at radius 3 is 1.52 bits per heavy atom. The Labute approximate surface area is 378 Å². The molecule has 1 nitrogen and oxygen atoms in total. The zero-order chi connectivity index (χ0) is 42.2. The molecule has 302 valence electrons. The van der Waals surface area contributed by atoms with Crippen molar-refractivity contribution in [3.8, 4) is 11.1 Å². The Morgan fingerprint density at radius 1 is 0.375 bits per heavy atom. The average Bonchev–Trinajstić information content (AvgIpc) is 4.00. The highest BCUT2D eigenvalue weighted by atomic mass is 32.1. The number of fused-ring (bicyclic) bond motifs is 8. The van der Waals surface area contributed by atoms with Crippen LogP contribution >= 0.6 is 11.3 Å². The van der Waals surface area contributed by atoms with E-state index in [2.05, 4.69) is 242 Å². The fraction of sp³-hybridized carbons (Fsp3) is 0.0645. The van der Waals surface area contributed by atoms with E-state index in [1.54, 1.807) is 0 Å². The number of hydrogen-bond acceptors (Lipinski definition) is 2. The summed E-state index contributed by atoms with van der Waals surface area (Å²) in [6.07, 6.45) is 6.88. The molecule has 0 atom stereocenters. The smallest absolute Gasteiger partial charge is 0.0714 e. The molecule has 0 aliphatic heterocycles. The maximum atomic E-state index is 2.53. The van der Waals surface area contributed by atoms with E-state index in [1.807, 2.05) is 11.3 Å². The van der Waals surface area contributed by atoms with E-state index in [0.29, 0.717) is 0 Å². The number of allylic oxidation sites excluding steroid dienone is 4. The molecule has 10 aromatic rings. The van der Waals surface area contributed by atoms with Crippen LogP contribution in [0, 0.1) is 0 Å². The lowest BCUT2D eigenvalue weighted by atomic mass is 9.66. The summed E-state index contributed by atoms with van der Waals surface area (Å²) in [5.41, 5.74) is 18.2. The molecule has 0 N–H and O–H groups in total. The van der Waals surface area contributed by atoms with Gasteiger partial charge in [0.25, 0.3) is 0 Å². The molecular formula is C62H43NS. The number of nitrogens with zero attached hydrogens (tertiary/aromatic N) is 1. The van der Waals surface area contributed by atoms with Crippen LogP contribution in [0.4, 0.5) is 17.1 Å². The average molecular weight is 834 g/mol. The largest absolute Gasteiger partial charge is 0.310 e. The van der Waals surface area contributed by atoms with Gasteiger partial charge in [-0.15, -0.1) is 11.3 Å². The van der Waals surface area contributed by atoms with E-state index in [0.717, 1.165) is 29.9 Å². The van der Waals surface area contributed by atoms with Crippen LogP contribution in [0.3, 0.4) is 0 Å². The van der Waals surface area contributed by atoms with E-state index in [-0.39, 0.29) is 0 Å². The van der Waals surface area contributed by atoms with Crippen LogP contribution in [0.2, 0.25) is 0 Å². The third kappa shape index (κ3) is 5.24. The minimum Gasteiger partial charge on any atom is -0.310 e. The molecule has 0 saturated carbocycles. The Kier molecular flexibility index (Phi) is 8.41. The normalized spacial score (nSPS) is 15.2. The van der Waals surface area contributed by atoms with Gasteiger partial charge in [-0.2, -0.15) is 0 Å². The molecule has 64 heavy (non-hydrogen) atoms. The van der Waals surface area contributed by atoms with Crippen molar-refractivity contribution in [1.29, 1.82) is 0 Å². The lowest BCUT2D eigenvalue weighted by Crippen LogP contribution is -2.30. The first-order chi connectivity index (χ1) is 31.7. The Bertz CT molecular complexity index is 3410. The number of rotatable bonds is 7. The maximum Gasteiger partial charge on any atom is 0.0714 e. The minimum atomic E-state index is -0.521. The fourth-order valence-electron chi connectivity index (χ4n) is 11.7. The molecule has 0 spiro atoms. The summed E-state index contributed by atoms with van der Waals surface area (Å²) in [5.74, 6) is 0. The monoisotopic (exact) mass is 833 g/mol. The highest BCUT2D eigenvalue weighted by Crippen LogP contribution is 2.60. The lowest BCUT2D eigenvalue weighted by molar-refractivity contribution is 0.756. The molecule has 2 heteroatoms. The second-order valence-electron chi connectivity index (χ2n) is 17.4. The molecule has 3 aliphatic carbocycles. The molecule has 1 heterocycles. The van der Waals surface area contributed by atoms with E-state index >= 15 is 0 Å². The molecule has 0 bridgehead atoms. The Hall–Kier alpha value is -7.52. The SMILES string of the molecule is C1=CC2=C(CC1)c1ccc(N(c3ccc4c(c3)C(c3ccccc3)(c3ccccc3)c3ccccc3-4)c3ccc4sc5ccccc5c4c3)cc1C2(c1ccccc1)c1ccccc1. The Balaban J connectivity index is 1.10. The predicted molar refractivity (Wildman–Crippen MR) is 269 cm³/mol. The standard InChI is InChI=1S/C62H43NS/c1-5-19-42(20-6-1)61(43-21-7-2-8-22-43)55-30-16-13-27-49(55)51-36-33-47(40-57(51)61)63(46-35-38-60-54(39-46)53-29-15-18-32-59(53)64-60)48-34-37-52-50-28-14-17-31-56(50)62(58(52)41-48,44-23-9-3-10-24-44)45-25-11-4-12-26-45/h1-13,15-27,29-41H,14,28H2. The van der Waals surface area contributed by atoms with Crippen molar-refractivity contribution >= 4 is 54.1 Å². The van der Waals surface area contributed by atoms with Gasteiger partial charge in [0, 0.05) is 37.2 Å². The summed E-state index contributed by atoms with van der Waals surface area (Å²) in [6.45, 7) is 0. The highest BCUT2D eigenvalue weighted by Gasteiger charge is 2.48. The van der Waals surface area contributed by atoms with E-state index in [1.165, 1.54) is 87.0 Å². The van der Waals surface area contributed by atoms with Gasteiger partial charge in [0.15, 0.2) is 0 Å². The van der Waals surface area contributed by atoms with E-state index < -0.39 is 10.8 Å². The first-order valence-corrected chi connectivity index (χ1v) is 23.3. The molecular weight excluding hydrogens is 791 g/mol. The van der Waals surface area contributed by atoms with Crippen LogP contribution in [0.5, 0.6) is 0 Å². The van der Waals surface area contributed by atoms with Crippen LogP contribution in [-0.2, 0) is 10.8 Å². The van der Waals surface area contributed by atoms with Crippen molar-refractivity contribution in [2.24, 2.45) is 0 Å². The zero-order valence-electron chi connectivity index (χ0n) is 35.3. The van der Waals surface area contributed by atoms with Crippen molar-refractivity contribution in [1.82, 2.24) is 0 Å². The van der Waals surface area contributed by atoms with Crippen LogP contribution in [-0.4, -0.2) is 0 Å². The minimum absolute atomic E-state index is 0.478. The molecule has 13 rings (SSSR count). The van der Waals surface area contributed by atoms with E-state index in [9.17, 15) is 0 Å². The third-order valence-electron chi connectivity index (χ3n) is 14.3. The second kappa shape index (κ2) is 14.5. The summed E-state index contributed by atoms with van der Waals surface area (Å²) in [7, 11) is 0. The van der Waals surface area contributed by atoms with Gasteiger partial charge in [-0.3, -0.25) is 0 Å². The molecule has 9 aromatic carbocycles. The molecule has 3 aliphatic rings. The maximum absolute atomic E-state index is 2.53. The summed E-state index contributed by atoms with van der Waals surface area (Å²) in [6, 6.07) is 84.3. The molecule has 1 aromatic heterocycles. The van der Waals surface area contributed by atoms with Crippen LogP contribution in [0.15, 0.2) is 242 Å². The summed E-state index contributed by atoms with van der Waals surface area (Å²) in [4.78, 5) is 2.53. The summed E-state index contributed by atoms with van der Waals surface area (Å²) in [5, 5.41) is 2.58. The van der Waals surface area contributed by atoms with Crippen molar-refractivity contribution in [2.45, 2.75) is 23.7 Å². The highest BCUT2D eigenvalue weighted by molar-refractivity contribution is 7.25. The van der Waals surface area contributed by atoms with Gasteiger partial charge < -0.3 is 4.90 Å². The van der Waals surface area contributed by atoms with Crippen LogP contribution in [0.25, 0.3) is 36.9 Å². The first-order valence-electron chi connectivity index (χ1n) is 22.5. The number of benzene rings is 9. The van der Waals surface area contributed by atoms with E-state index in [4.69, 9.17) is 0 Å². The van der Waals surface area contributed by atoms with Gasteiger partial charge in [0.05, 0.1) is 10.8 Å². The molecule has 0 saturated heterocycles. The van der Waals surface area contributed by atoms with Crippen molar-refractivity contribution in [3.05, 3.63) is 287 Å². The zero-order valence-corrected chi connectivity index (χ0v) is 36.1. The van der Waals surface area contributed by atoms with Gasteiger partial charge in [0.1, 0.15) is 0 Å². The van der Waals surface area contributed by atoms with Gasteiger partial charge >= 0.3 is 0 Å². The van der Waals surface area contributed by atoms with Gasteiger partial charge in [-0.25, -0.2) is 0 Å². The Morgan fingerprint density at radius 2 is 0.859 bits per heavy atom. The number of anilines is 3. The predicted octanol–water partition coefficient (Wildman–Crippen LogP) is 16.3. The molecule has 0 fully saturated rings. The van der Waals surface area contributed by atoms with Gasteiger partial charge in [0.2, 0.25) is 0 Å². The molecule has 0 amide bonds. The quantitative estimate of drug-likeness (QED) is 0.155. The number of thiophene rings is 1.